The fraction of sp³-hybridized carbons (Fsp3) is 0.462. The van der Waals surface area contributed by atoms with Gasteiger partial charge in [0.1, 0.15) is 0 Å². The van der Waals surface area contributed by atoms with Gasteiger partial charge >= 0.3 is 0 Å². The van der Waals surface area contributed by atoms with Crippen LogP contribution in [0.5, 0.6) is 0 Å². The second kappa shape index (κ2) is 4.47. The summed E-state index contributed by atoms with van der Waals surface area (Å²) in [6, 6.07) is 10.1. The van der Waals surface area contributed by atoms with Crippen LogP contribution in [0.3, 0.4) is 0 Å². The van der Waals surface area contributed by atoms with Crippen molar-refractivity contribution in [2.45, 2.75) is 19.3 Å². The van der Waals surface area contributed by atoms with Crippen LogP contribution in [-0.2, 0) is 14.3 Å². The van der Waals surface area contributed by atoms with Crippen LogP contribution >= 0.6 is 0 Å². The minimum Gasteiger partial charge on any atom is -0.386 e. The third-order valence-electron chi connectivity index (χ3n) is 3.18. The summed E-state index contributed by atoms with van der Waals surface area (Å²) in [5.74, 6) is 0.181. The Morgan fingerprint density at radius 1 is 1.12 bits per heavy atom. The summed E-state index contributed by atoms with van der Waals surface area (Å²) in [6.07, 6.45) is -0.414. The smallest absolute Gasteiger partial charge is 0.198 e. The van der Waals surface area contributed by atoms with Crippen molar-refractivity contribution in [1.29, 1.82) is 0 Å². The second-order valence-electron chi connectivity index (χ2n) is 4.31. The van der Waals surface area contributed by atoms with E-state index in [4.69, 9.17) is 14.3 Å². The van der Waals surface area contributed by atoms with Crippen molar-refractivity contribution in [3.63, 3.8) is 0 Å². The van der Waals surface area contributed by atoms with Gasteiger partial charge in [-0.25, -0.2) is 0 Å². The maximum Gasteiger partial charge on any atom is 0.198 e. The Morgan fingerprint density at radius 2 is 1.82 bits per heavy atom. The Hall–Kier alpha value is -1.39. The summed E-state index contributed by atoms with van der Waals surface area (Å²) in [6.45, 7) is 3.37. The molecular weight excluding hydrogens is 218 g/mol. The molecule has 2 aliphatic heterocycles. The van der Waals surface area contributed by atoms with E-state index >= 15 is 0 Å². The van der Waals surface area contributed by atoms with E-state index in [2.05, 4.69) is 12.1 Å². The van der Waals surface area contributed by atoms with Crippen molar-refractivity contribution in [2.24, 2.45) is 11.1 Å². The number of hydrogen-bond acceptors (Lipinski definition) is 4. The highest BCUT2D eigenvalue weighted by Gasteiger charge is 2.40. The Bertz CT molecular complexity index is 412. The van der Waals surface area contributed by atoms with Gasteiger partial charge in [-0.1, -0.05) is 42.4 Å². The molecule has 2 heterocycles. The van der Waals surface area contributed by atoms with Crippen molar-refractivity contribution in [2.75, 3.05) is 13.2 Å². The quantitative estimate of drug-likeness (QED) is 0.782. The summed E-state index contributed by atoms with van der Waals surface area (Å²) in [5.41, 5.74) is 2.06. The van der Waals surface area contributed by atoms with Crippen LogP contribution in [0.15, 0.2) is 35.5 Å². The fourth-order valence-corrected chi connectivity index (χ4v) is 2.22. The second-order valence-corrected chi connectivity index (χ2v) is 4.31. The van der Waals surface area contributed by atoms with Gasteiger partial charge < -0.3 is 14.3 Å². The molecule has 2 atom stereocenters. The first-order valence-corrected chi connectivity index (χ1v) is 5.88. The number of hydrogen-bond donors (Lipinski definition) is 0. The van der Waals surface area contributed by atoms with Crippen molar-refractivity contribution < 1.29 is 14.3 Å². The van der Waals surface area contributed by atoms with Crippen LogP contribution in [-0.4, -0.2) is 31.3 Å². The van der Waals surface area contributed by atoms with E-state index in [-0.39, 0.29) is 18.3 Å². The molecule has 1 aromatic carbocycles. The van der Waals surface area contributed by atoms with Crippen LogP contribution in [0, 0.1) is 5.92 Å². The first-order chi connectivity index (χ1) is 8.36. The molecule has 17 heavy (non-hydrogen) atoms. The van der Waals surface area contributed by atoms with Gasteiger partial charge in [-0.3, -0.25) is 0 Å². The molecule has 3 rings (SSSR count). The van der Waals surface area contributed by atoms with Gasteiger partial charge in [-0.15, -0.1) is 0 Å². The Morgan fingerprint density at radius 3 is 2.53 bits per heavy atom. The van der Waals surface area contributed by atoms with Gasteiger partial charge in [0.05, 0.1) is 18.9 Å². The molecule has 4 nitrogen and oxygen atoms in total. The molecule has 0 bridgehead atoms. The van der Waals surface area contributed by atoms with Gasteiger partial charge in [0.2, 0.25) is 0 Å². The fourth-order valence-electron chi connectivity index (χ4n) is 2.22. The molecule has 0 saturated carbocycles. The first-order valence-electron chi connectivity index (χ1n) is 5.88. The average molecular weight is 233 g/mol. The van der Waals surface area contributed by atoms with Gasteiger partial charge in [-0.05, 0) is 5.56 Å². The van der Waals surface area contributed by atoms with E-state index in [9.17, 15) is 0 Å². The van der Waals surface area contributed by atoms with Gasteiger partial charge in [0.25, 0.3) is 0 Å². The van der Waals surface area contributed by atoms with E-state index in [1.165, 1.54) is 0 Å². The first kappa shape index (κ1) is 10.7. The van der Waals surface area contributed by atoms with Gasteiger partial charge in [0, 0.05) is 5.92 Å². The predicted octanol–water partition coefficient (Wildman–Crippen LogP) is 1.80. The zero-order valence-electron chi connectivity index (χ0n) is 9.70. The summed E-state index contributed by atoms with van der Waals surface area (Å²) in [4.78, 5) is 5.45. The lowest BCUT2D eigenvalue weighted by Gasteiger charge is -2.19. The van der Waals surface area contributed by atoms with Crippen LogP contribution in [0.4, 0.5) is 0 Å². The molecule has 1 aromatic rings. The lowest BCUT2D eigenvalue weighted by molar-refractivity contribution is -0.143. The molecule has 1 fully saturated rings. The molecule has 4 heteroatoms. The Kier molecular flexibility index (Phi) is 2.82. The molecule has 0 spiro atoms. The van der Waals surface area contributed by atoms with Crippen molar-refractivity contribution in [3.8, 4) is 0 Å². The molecule has 90 valence electrons. The third kappa shape index (κ3) is 1.94. The monoisotopic (exact) mass is 233 g/mol. The number of oxime groups is 1. The van der Waals surface area contributed by atoms with Crippen molar-refractivity contribution in [3.05, 3.63) is 35.9 Å². The van der Waals surface area contributed by atoms with Gasteiger partial charge in [0.15, 0.2) is 12.4 Å². The SMILES string of the molecule is CC1C(c2ccccc2)=NOC1C1OCCO1. The number of nitrogens with zero attached hydrogens (tertiary/aromatic N) is 1. The highest BCUT2D eigenvalue weighted by Crippen LogP contribution is 2.28. The Labute approximate surface area is 100 Å². The minimum absolute atomic E-state index is 0.132. The minimum atomic E-state index is -0.282. The molecule has 0 aromatic heterocycles. The normalized spacial score (nSPS) is 29.1. The highest BCUT2D eigenvalue weighted by molar-refractivity contribution is 6.02. The van der Waals surface area contributed by atoms with E-state index in [1.54, 1.807) is 0 Å². The highest BCUT2D eigenvalue weighted by atomic mass is 16.8. The molecule has 0 aliphatic carbocycles. The topological polar surface area (TPSA) is 40.0 Å². The molecule has 0 radical (unpaired) electrons. The Balaban J connectivity index is 1.77. The lowest BCUT2D eigenvalue weighted by atomic mass is 9.94. The zero-order chi connectivity index (χ0) is 11.7. The maximum atomic E-state index is 5.47. The van der Waals surface area contributed by atoms with Crippen molar-refractivity contribution in [1.82, 2.24) is 0 Å². The summed E-state index contributed by atoms with van der Waals surface area (Å²) in [5, 5.41) is 4.17. The molecule has 2 unspecified atom stereocenters. The largest absolute Gasteiger partial charge is 0.386 e. The van der Waals surface area contributed by atoms with E-state index in [0.29, 0.717) is 13.2 Å². The molecule has 0 N–H and O–H groups in total. The van der Waals surface area contributed by atoms with Crippen LogP contribution in [0.1, 0.15) is 12.5 Å². The summed E-state index contributed by atoms with van der Waals surface area (Å²) < 4.78 is 10.9. The van der Waals surface area contributed by atoms with E-state index < -0.39 is 0 Å². The van der Waals surface area contributed by atoms with Crippen molar-refractivity contribution >= 4 is 5.71 Å². The van der Waals surface area contributed by atoms with Crippen LogP contribution < -0.4 is 0 Å². The van der Waals surface area contributed by atoms with Crippen LogP contribution in [0.2, 0.25) is 0 Å². The molecule has 2 aliphatic rings. The molecule has 1 saturated heterocycles. The molecular formula is C13H15NO3. The maximum absolute atomic E-state index is 5.47. The molecule has 0 amide bonds. The predicted molar refractivity (Wildman–Crippen MR) is 62.7 cm³/mol. The zero-order valence-corrected chi connectivity index (χ0v) is 9.70. The standard InChI is InChI=1S/C13H15NO3/c1-9-11(10-5-3-2-4-6-10)14-17-12(9)13-15-7-8-16-13/h2-6,9,12-13H,7-8H2,1H3. The number of benzene rings is 1. The van der Waals surface area contributed by atoms with Gasteiger partial charge in [-0.2, -0.15) is 0 Å². The lowest BCUT2D eigenvalue weighted by Crippen LogP contribution is -2.34. The van der Waals surface area contributed by atoms with E-state index in [0.717, 1.165) is 11.3 Å². The third-order valence-corrected chi connectivity index (χ3v) is 3.18. The number of rotatable bonds is 2. The summed E-state index contributed by atoms with van der Waals surface area (Å²) in [7, 11) is 0. The average Bonchev–Trinajstić information content (AvgIpc) is 2.99. The van der Waals surface area contributed by atoms with E-state index in [1.807, 2.05) is 30.3 Å². The number of ether oxygens (including phenoxy) is 2. The van der Waals surface area contributed by atoms with Crippen LogP contribution in [0.25, 0.3) is 0 Å². The summed E-state index contributed by atoms with van der Waals surface area (Å²) >= 11 is 0.